The average Bonchev–Trinajstić information content (AvgIpc) is 2.47. The Balaban J connectivity index is 2.13. The summed E-state index contributed by atoms with van der Waals surface area (Å²) in [6.07, 6.45) is -2.45. The van der Waals surface area contributed by atoms with Crippen molar-refractivity contribution >= 4 is 12.4 Å². The lowest BCUT2D eigenvalue weighted by atomic mass is 10.2. The molecule has 78 valence electrons. The van der Waals surface area contributed by atoms with E-state index in [-0.39, 0.29) is 6.47 Å². The number of fused-ring (bicyclic) bond motifs is 1. The van der Waals surface area contributed by atoms with Gasteiger partial charge in [0, 0.05) is 0 Å². The van der Waals surface area contributed by atoms with Gasteiger partial charge in [-0.2, -0.15) is 0 Å². The second-order valence-electron chi connectivity index (χ2n) is 3.56. The van der Waals surface area contributed by atoms with E-state index in [0.717, 1.165) is 0 Å². The van der Waals surface area contributed by atoms with E-state index in [1.165, 1.54) is 0 Å². The van der Waals surface area contributed by atoms with Crippen molar-refractivity contribution in [3.8, 4) is 0 Å². The first kappa shape index (κ1) is 9.42. The zero-order valence-electron chi connectivity index (χ0n) is 7.76. The SMILES string of the molecule is CC1(C)O[C@H]2OC(=O)[C@@H](OC=O)[C@H]2O1. The Morgan fingerprint density at radius 3 is 2.79 bits per heavy atom. The van der Waals surface area contributed by atoms with Gasteiger partial charge in [0.05, 0.1) is 0 Å². The third-order valence-corrected chi connectivity index (χ3v) is 2.05. The Morgan fingerprint density at radius 2 is 2.14 bits per heavy atom. The van der Waals surface area contributed by atoms with Gasteiger partial charge in [0.1, 0.15) is 0 Å². The van der Waals surface area contributed by atoms with Gasteiger partial charge in [-0.3, -0.25) is 4.79 Å². The number of hydrogen-bond acceptors (Lipinski definition) is 6. The lowest BCUT2D eigenvalue weighted by molar-refractivity contribution is -0.206. The predicted octanol–water partition coefficient (Wildman–Crippen LogP) is -0.438. The standard InChI is InChI=1S/C8H10O6/c1-8(2)13-5-4(11-3-9)6(10)12-7(5)14-8/h3-5,7H,1-2H3/t4-,5+,7+/m0/s1. The van der Waals surface area contributed by atoms with Crippen LogP contribution in [0.15, 0.2) is 0 Å². The number of rotatable bonds is 2. The monoisotopic (exact) mass is 202 g/mol. The van der Waals surface area contributed by atoms with Crippen LogP contribution >= 0.6 is 0 Å². The van der Waals surface area contributed by atoms with Crippen molar-refractivity contribution in [1.82, 2.24) is 0 Å². The van der Waals surface area contributed by atoms with Crippen molar-refractivity contribution in [1.29, 1.82) is 0 Å². The van der Waals surface area contributed by atoms with E-state index >= 15 is 0 Å². The van der Waals surface area contributed by atoms with Gasteiger partial charge in [-0.25, -0.2) is 4.79 Å². The molecule has 0 spiro atoms. The van der Waals surface area contributed by atoms with Gasteiger partial charge in [0.15, 0.2) is 11.9 Å². The largest absolute Gasteiger partial charge is 0.449 e. The minimum Gasteiger partial charge on any atom is -0.449 e. The lowest BCUT2D eigenvalue weighted by Gasteiger charge is -2.18. The zero-order chi connectivity index (χ0) is 10.3. The topological polar surface area (TPSA) is 71.1 Å². The van der Waals surface area contributed by atoms with Crippen molar-refractivity contribution in [3.05, 3.63) is 0 Å². The molecule has 0 radical (unpaired) electrons. The van der Waals surface area contributed by atoms with Crippen molar-refractivity contribution < 1.29 is 28.5 Å². The Bertz CT molecular complexity index is 273. The van der Waals surface area contributed by atoms with Crippen LogP contribution < -0.4 is 0 Å². The van der Waals surface area contributed by atoms with Gasteiger partial charge >= 0.3 is 5.97 Å². The van der Waals surface area contributed by atoms with Crippen LogP contribution in [0.4, 0.5) is 0 Å². The van der Waals surface area contributed by atoms with Gasteiger partial charge in [-0.1, -0.05) is 0 Å². The van der Waals surface area contributed by atoms with Gasteiger partial charge in [0.25, 0.3) is 6.47 Å². The van der Waals surface area contributed by atoms with E-state index in [1.807, 2.05) is 0 Å². The van der Waals surface area contributed by atoms with Crippen LogP contribution in [0, 0.1) is 0 Å². The lowest BCUT2D eigenvalue weighted by Crippen LogP contribution is -2.34. The van der Waals surface area contributed by atoms with E-state index in [4.69, 9.17) is 14.2 Å². The molecule has 2 heterocycles. The molecule has 2 rings (SSSR count). The molecule has 0 bridgehead atoms. The Hall–Kier alpha value is -1.14. The third kappa shape index (κ3) is 1.36. The average molecular weight is 202 g/mol. The maximum absolute atomic E-state index is 11.1. The van der Waals surface area contributed by atoms with Gasteiger partial charge < -0.3 is 18.9 Å². The summed E-state index contributed by atoms with van der Waals surface area (Å²) in [4.78, 5) is 21.3. The van der Waals surface area contributed by atoms with Crippen LogP contribution in [0.3, 0.4) is 0 Å². The fourth-order valence-electron chi connectivity index (χ4n) is 1.56. The fourth-order valence-corrected chi connectivity index (χ4v) is 1.56. The van der Waals surface area contributed by atoms with Crippen LogP contribution in [0.5, 0.6) is 0 Å². The molecule has 0 aromatic rings. The molecular weight excluding hydrogens is 192 g/mol. The first-order valence-corrected chi connectivity index (χ1v) is 4.19. The highest BCUT2D eigenvalue weighted by Crippen LogP contribution is 2.35. The number of hydrogen-bond donors (Lipinski definition) is 0. The van der Waals surface area contributed by atoms with Crippen LogP contribution in [-0.2, 0) is 28.5 Å². The van der Waals surface area contributed by atoms with E-state index in [1.54, 1.807) is 13.8 Å². The summed E-state index contributed by atoms with van der Waals surface area (Å²) in [6, 6.07) is 0. The summed E-state index contributed by atoms with van der Waals surface area (Å²) >= 11 is 0. The number of carbonyl (C=O) groups excluding carboxylic acids is 2. The summed E-state index contributed by atoms with van der Waals surface area (Å²) in [6.45, 7) is 3.58. The highest BCUT2D eigenvalue weighted by molar-refractivity contribution is 5.79. The molecule has 0 aromatic heterocycles. The summed E-state index contributed by atoms with van der Waals surface area (Å²) in [5.41, 5.74) is 0. The summed E-state index contributed by atoms with van der Waals surface area (Å²) in [7, 11) is 0. The fraction of sp³-hybridized carbons (Fsp3) is 0.750. The third-order valence-electron chi connectivity index (χ3n) is 2.05. The van der Waals surface area contributed by atoms with Crippen LogP contribution in [0.25, 0.3) is 0 Å². The Labute approximate surface area is 80.1 Å². The molecular formula is C8H10O6. The van der Waals surface area contributed by atoms with Crippen molar-refractivity contribution in [2.45, 2.75) is 38.1 Å². The molecule has 0 aliphatic carbocycles. The molecule has 2 fully saturated rings. The number of ether oxygens (including phenoxy) is 4. The van der Waals surface area contributed by atoms with E-state index in [9.17, 15) is 9.59 Å². The molecule has 2 aliphatic rings. The second kappa shape index (κ2) is 2.93. The quantitative estimate of drug-likeness (QED) is 0.446. The highest BCUT2D eigenvalue weighted by Gasteiger charge is 2.56. The molecule has 14 heavy (non-hydrogen) atoms. The maximum atomic E-state index is 11.1. The molecule has 2 aliphatic heterocycles. The summed E-state index contributed by atoms with van der Waals surface area (Å²) < 4.78 is 20.0. The summed E-state index contributed by atoms with van der Waals surface area (Å²) in [5.74, 6) is -1.46. The van der Waals surface area contributed by atoms with Gasteiger partial charge in [-0.15, -0.1) is 0 Å². The molecule has 6 nitrogen and oxygen atoms in total. The number of esters is 1. The summed E-state index contributed by atoms with van der Waals surface area (Å²) in [5, 5.41) is 0. The Kier molecular flexibility index (Phi) is 1.97. The second-order valence-corrected chi connectivity index (χ2v) is 3.56. The smallest absolute Gasteiger partial charge is 0.352 e. The zero-order valence-corrected chi connectivity index (χ0v) is 7.76. The van der Waals surface area contributed by atoms with Crippen molar-refractivity contribution in [2.24, 2.45) is 0 Å². The Morgan fingerprint density at radius 1 is 1.43 bits per heavy atom. The van der Waals surface area contributed by atoms with Crippen molar-refractivity contribution in [2.75, 3.05) is 0 Å². The molecule has 3 atom stereocenters. The van der Waals surface area contributed by atoms with Gasteiger partial charge in [-0.05, 0) is 13.8 Å². The minimum atomic E-state index is -1.01. The normalized spacial score (nSPS) is 39.0. The predicted molar refractivity (Wildman–Crippen MR) is 40.9 cm³/mol. The molecule has 6 heteroatoms. The van der Waals surface area contributed by atoms with E-state index < -0.39 is 30.3 Å². The highest BCUT2D eigenvalue weighted by atomic mass is 16.8. The molecule has 2 saturated heterocycles. The van der Waals surface area contributed by atoms with Crippen LogP contribution in [0.2, 0.25) is 0 Å². The first-order valence-electron chi connectivity index (χ1n) is 4.19. The van der Waals surface area contributed by atoms with Gasteiger partial charge in [0.2, 0.25) is 12.4 Å². The van der Waals surface area contributed by atoms with Crippen molar-refractivity contribution in [3.63, 3.8) is 0 Å². The molecule has 0 unspecified atom stereocenters. The number of carbonyl (C=O) groups is 2. The van der Waals surface area contributed by atoms with Crippen LogP contribution in [-0.4, -0.2) is 36.7 Å². The van der Waals surface area contributed by atoms with Crippen LogP contribution in [0.1, 0.15) is 13.8 Å². The first-order chi connectivity index (χ1) is 6.53. The molecule has 0 N–H and O–H groups in total. The minimum absolute atomic E-state index is 0.197. The molecule has 0 aromatic carbocycles. The molecule has 0 amide bonds. The molecule has 0 saturated carbocycles. The maximum Gasteiger partial charge on any atom is 0.352 e. The van der Waals surface area contributed by atoms with E-state index in [0.29, 0.717) is 0 Å². The van der Waals surface area contributed by atoms with E-state index in [2.05, 4.69) is 4.74 Å².